The minimum atomic E-state index is -0.307. The van der Waals surface area contributed by atoms with Crippen molar-refractivity contribution >= 4 is 5.91 Å². The van der Waals surface area contributed by atoms with E-state index in [0.717, 1.165) is 0 Å². The van der Waals surface area contributed by atoms with Gasteiger partial charge in [0.1, 0.15) is 0 Å². The molecule has 0 bridgehead atoms. The molecule has 16 heavy (non-hydrogen) atoms. The Balaban J connectivity index is 2.36. The van der Waals surface area contributed by atoms with Crippen molar-refractivity contribution in [2.45, 2.75) is 38.3 Å². The van der Waals surface area contributed by atoms with Crippen LogP contribution < -0.4 is 5.73 Å². The number of ether oxygens (including phenoxy) is 1. The molecule has 1 heterocycles. The number of aliphatic hydroxyl groups excluding tert-OH is 1. The summed E-state index contributed by atoms with van der Waals surface area (Å²) < 4.78 is 5.28. The van der Waals surface area contributed by atoms with Crippen molar-refractivity contribution in [2.24, 2.45) is 5.73 Å². The van der Waals surface area contributed by atoms with Crippen molar-refractivity contribution in [3.8, 4) is 0 Å². The average Bonchev–Trinajstić information content (AvgIpc) is 2.25. The molecule has 1 rings (SSSR count). The highest BCUT2D eigenvalue weighted by atomic mass is 16.5. The number of nitrogens with zero attached hydrogens (tertiary/aromatic N) is 1. The first-order valence-electron chi connectivity index (χ1n) is 5.71. The maximum atomic E-state index is 11.8. The lowest BCUT2D eigenvalue weighted by Gasteiger charge is -2.32. The van der Waals surface area contributed by atoms with Crippen molar-refractivity contribution in [3.05, 3.63) is 0 Å². The third-order valence-electron chi connectivity index (χ3n) is 2.68. The molecule has 0 aromatic carbocycles. The number of carbonyl (C=O) groups is 1. The van der Waals surface area contributed by atoms with Gasteiger partial charge in [-0.25, -0.2) is 0 Å². The van der Waals surface area contributed by atoms with Crippen LogP contribution in [0.4, 0.5) is 0 Å². The Bertz CT molecular complexity index is 238. The Kier molecular flexibility index (Phi) is 4.70. The van der Waals surface area contributed by atoms with E-state index in [-0.39, 0.29) is 24.2 Å². The lowest BCUT2D eigenvalue weighted by atomic mass is 9.99. The number of morpholine rings is 1. The molecule has 1 saturated heterocycles. The molecule has 5 nitrogen and oxygen atoms in total. The van der Waals surface area contributed by atoms with Gasteiger partial charge in [-0.2, -0.15) is 0 Å². The maximum Gasteiger partial charge on any atom is 0.222 e. The van der Waals surface area contributed by atoms with E-state index in [2.05, 4.69) is 0 Å². The van der Waals surface area contributed by atoms with Crippen molar-refractivity contribution in [2.75, 3.05) is 26.3 Å². The molecule has 0 aliphatic carbocycles. The van der Waals surface area contributed by atoms with E-state index < -0.39 is 0 Å². The molecule has 3 N–H and O–H groups in total. The second kappa shape index (κ2) is 5.61. The Labute approximate surface area is 96.6 Å². The van der Waals surface area contributed by atoms with Crippen LogP contribution in [0, 0.1) is 0 Å². The van der Waals surface area contributed by atoms with E-state index in [1.165, 1.54) is 0 Å². The number of hydrogen-bond acceptors (Lipinski definition) is 4. The van der Waals surface area contributed by atoms with Crippen molar-refractivity contribution in [1.29, 1.82) is 0 Å². The SMILES string of the molecule is CC(C)(N)CCC(=O)N1CCOC(CO)C1. The van der Waals surface area contributed by atoms with Gasteiger partial charge in [-0.1, -0.05) is 0 Å². The molecule has 1 amide bonds. The zero-order valence-electron chi connectivity index (χ0n) is 10.1. The lowest BCUT2D eigenvalue weighted by Crippen LogP contribution is -2.47. The monoisotopic (exact) mass is 230 g/mol. The molecule has 0 spiro atoms. The van der Waals surface area contributed by atoms with Crippen LogP contribution in [-0.2, 0) is 9.53 Å². The van der Waals surface area contributed by atoms with E-state index in [4.69, 9.17) is 15.6 Å². The van der Waals surface area contributed by atoms with Crippen molar-refractivity contribution < 1.29 is 14.6 Å². The van der Waals surface area contributed by atoms with Crippen LogP contribution in [0.5, 0.6) is 0 Å². The molecular weight excluding hydrogens is 208 g/mol. The Morgan fingerprint density at radius 1 is 1.62 bits per heavy atom. The van der Waals surface area contributed by atoms with Crippen molar-refractivity contribution in [1.82, 2.24) is 4.90 Å². The van der Waals surface area contributed by atoms with Crippen LogP contribution in [0.25, 0.3) is 0 Å². The zero-order valence-corrected chi connectivity index (χ0v) is 10.1. The molecule has 5 heteroatoms. The molecule has 0 saturated carbocycles. The van der Waals surface area contributed by atoms with Gasteiger partial charge in [0.25, 0.3) is 0 Å². The fourth-order valence-electron chi connectivity index (χ4n) is 1.64. The van der Waals surface area contributed by atoms with Gasteiger partial charge in [0, 0.05) is 25.0 Å². The summed E-state index contributed by atoms with van der Waals surface area (Å²) in [7, 11) is 0. The molecule has 0 aromatic rings. The quantitative estimate of drug-likeness (QED) is 0.696. The van der Waals surface area contributed by atoms with Crippen LogP contribution in [0.2, 0.25) is 0 Å². The summed E-state index contributed by atoms with van der Waals surface area (Å²) in [6, 6.07) is 0. The lowest BCUT2D eigenvalue weighted by molar-refractivity contribution is -0.140. The average molecular weight is 230 g/mol. The Morgan fingerprint density at radius 3 is 2.88 bits per heavy atom. The van der Waals surface area contributed by atoms with Gasteiger partial charge in [0.2, 0.25) is 5.91 Å². The standard InChI is InChI=1S/C11H22N2O3/c1-11(2,12)4-3-10(15)13-5-6-16-9(7-13)8-14/h9,14H,3-8,12H2,1-2H3. The summed E-state index contributed by atoms with van der Waals surface area (Å²) in [6.07, 6.45) is 0.901. The summed E-state index contributed by atoms with van der Waals surface area (Å²) in [5.74, 6) is 0.0975. The topological polar surface area (TPSA) is 75.8 Å². The van der Waals surface area contributed by atoms with Crippen LogP contribution in [0.15, 0.2) is 0 Å². The summed E-state index contributed by atoms with van der Waals surface area (Å²) in [6.45, 7) is 5.39. The van der Waals surface area contributed by atoms with Gasteiger partial charge in [0.15, 0.2) is 0 Å². The second-order valence-corrected chi connectivity index (χ2v) is 5.00. The Hall–Kier alpha value is -0.650. The van der Waals surface area contributed by atoms with Gasteiger partial charge >= 0.3 is 0 Å². The van der Waals surface area contributed by atoms with E-state index >= 15 is 0 Å². The molecule has 1 aliphatic rings. The van der Waals surface area contributed by atoms with Crippen molar-refractivity contribution in [3.63, 3.8) is 0 Å². The van der Waals surface area contributed by atoms with Crippen LogP contribution >= 0.6 is 0 Å². The summed E-state index contributed by atoms with van der Waals surface area (Å²) in [5.41, 5.74) is 5.52. The first-order chi connectivity index (χ1) is 7.42. The highest BCUT2D eigenvalue weighted by molar-refractivity contribution is 5.76. The van der Waals surface area contributed by atoms with Crippen LogP contribution in [-0.4, -0.2) is 53.9 Å². The number of amides is 1. The highest BCUT2D eigenvalue weighted by Crippen LogP contribution is 2.11. The molecule has 1 fully saturated rings. The first-order valence-corrected chi connectivity index (χ1v) is 5.71. The number of nitrogens with two attached hydrogens (primary N) is 1. The molecule has 0 radical (unpaired) electrons. The third kappa shape index (κ3) is 4.47. The minimum Gasteiger partial charge on any atom is -0.394 e. The largest absolute Gasteiger partial charge is 0.394 e. The maximum absolute atomic E-state index is 11.8. The van der Waals surface area contributed by atoms with Gasteiger partial charge in [0.05, 0.1) is 19.3 Å². The normalized spacial score (nSPS) is 22.2. The fourth-order valence-corrected chi connectivity index (χ4v) is 1.64. The smallest absolute Gasteiger partial charge is 0.222 e. The van der Waals surface area contributed by atoms with E-state index in [1.807, 2.05) is 13.8 Å². The van der Waals surface area contributed by atoms with E-state index in [1.54, 1.807) is 4.90 Å². The summed E-state index contributed by atoms with van der Waals surface area (Å²) in [5, 5.41) is 8.97. The molecular formula is C11H22N2O3. The third-order valence-corrected chi connectivity index (χ3v) is 2.68. The van der Waals surface area contributed by atoms with Crippen LogP contribution in [0.1, 0.15) is 26.7 Å². The highest BCUT2D eigenvalue weighted by Gasteiger charge is 2.24. The number of carbonyl (C=O) groups excluding carboxylic acids is 1. The molecule has 1 aliphatic heterocycles. The Morgan fingerprint density at radius 2 is 2.31 bits per heavy atom. The second-order valence-electron chi connectivity index (χ2n) is 5.00. The number of aliphatic hydroxyl groups is 1. The van der Waals surface area contributed by atoms with Gasteiger partial charge in [-0.05, 0) is 20.3 Å². The zero-order chi connectivity index (χ0) is 12.2. The summed E-state index contributed by atoms with van der Waals surface area (Å²) >= 11 is 0. The fraction of sp³-hybridized carbons (Fsp3) is 0.909. The minimum absolute atomic E-state index is 0.0356. The van der Waals surface area contributed by atoms with Gasteiger partial charge in [-0.3, -0.25) is 4.79 Å². The van der Waals surface area contributed by atoms with Gasteiger partial charge in [-0.15, -0.1) is 0 Å². The van der Waals surface area contributed by atoms with Crippen LogP contribution in [0.3, 0.4) is 0 Å². The predicted octanol–water partition coefficient (Wildman–Crippen LogP) is -0.276. The van der Waals surface area contributed by atoms with Gasteiger partial charge < -0.3 is 20.5 Å². The predicted molar refractivity (Wildman–Crippen MR) is 60.9 cm³/mol. The molecule has 94 valence electrons. The molecule has 0 aromatic heterocycles. The number of hydrogen-bond donors (Lipinski definition) is 2. The van der Waals surface area contributed by atoms with E-state index in [9.17, 15) is 4.79 Å². The summed E-state index contributed by atoms with van der Waals surface area (Å²) in [4.78, 5) is 13.6. The molecule has 1 atom stereocenters. The van der Waals surface area contributed by atoms with E-state index in [0.29, 0.717) is 32.5 Å². The first kappa shape index (κ1) is 13.4. The number of rotatable bonds is 4. The molecule has 1 unspecified atom stereocenters.